The van der Waals surface area contributed by atoms with Gasteiger partial charge < -0.3 is 0 Å². The van der Waals surface area contributed by atoms with Crippen molar-refractivity contribution in [1.29, 1.82) is 0 Å². The predicted octanol–water partition coefficient (Wildman–Crippen LogP) is 4.21. The first kappa shape index (κ1) is 8.96. The third-order valence-corrected chi connectivity index (χ3v) is 3.64. The van der Waals surface area contributed by atoms with E-state index in [-0.39, 0.29) is 0 Å². The molecule has 0 bridgehead atoms. The second-order valence-corrected chi connectivity index (χ2v) is 4.54. The predicted molar refractivity (Wildman–Crippen MR) is 63.8 cm³/mol. The average Bonchev–Trinajstić information content (AvgIpc) is 2.77. The van der Waals surface area contributed by atoms with Crippen molar-refractivity contribution in [2.24, 2.45) is 0 Å². The lowest BCUT2D eigenvalue weighted by atomic mass is 9.80. The fourth-order valence-corrected chi connectivity index (χ4v) is 2.79. The Hall–Kier alpha value is -1.30. The first-order valence-corrected chi connectivity index (χ1v) is 5.87. The Balaban J connectivity index is 1.83. The summed E-state index contributed by atoms with van der Waals surface area (Å²) in [6.07, 6.45) is 9.85. The fourth-order valence-electron chi connectivity index (χ4n) is 2.79. The maximum atomic E-state index is 2.41. The lowest BCUT2D eigenvalue weighted by Gasteiger charge is -2.25. The second-order valence-electron chi connectivity index (χ2n) is 4.54. The number of fused-ring (bicyclic) bond motifs is 1. The monoisotopic (exact) mass is 196 g/mol. The molecule has 0 spiro atoms. The molecule has 0 nitrogen and oxygen atoms in total. The van der Waals surface area contributed by atoms with Crippen molar-refractivity contribution in [1.82, 2.24) is 0 Å². The van der Waals surface area contributed by atoms with E-state index < -0.39 is 0 Å². The molecule has 15 heavy (non-hydrogen) atoms. The van der Waals surface area contributed by atoms with E-state index in [4.69, 9.17) is 0 Å². The number of rotatable bonds is 1. The van der Waals surface area contributed by atoms with Crippen LogP contribution >= 0.6 is 0 Å². The largest absolute Gasteiger partial charge is 0.0772 e. The highest BCUT2D eigenvalue weighted by atomic mass is 14.3. The van der Waals surface area contributed by atoms with E-state index in [9.17, 15) is 0 Å². The van der Waals surface area contributed by atoms with E-state index in [1.54, 1.807) is 11.1 Å². The van der Waals surface area contributed by atoms with Crippen LogP contribution in [0.3, 0.4) is 0 Å². The van der Waals surface area contributed by atoms with Crippen molar-refractivity contribution in [2.45, 2.75) is 31.6 Å². The molecule has 1 fully saturated rings. The number of hydrogen-bond donors (Lipinski definition) is 0. The highest BCUT2D eigenvalue weighted by Gasteiger charge is 2.23. The van der Waals surface area contributed by atoms with Crippen LogP contribution < -0.4 is 0 Å². The minimum Gasteiger partial charge on any atom is -0.0772 e. The molecule has 0 heterocycles. The van der Waals surface area contributed by atoms with Crippen LogP contribution in [0.15, 0.2) is 53.6 Å². The molecule has 2 aliphatic rings. The van der Waals surface area contributed by atoms with Crippen LogP contribution in [-0.4, -0.2) is 0 Å². The highest BCUT2D eigenvalue weighted by Crippen LogP contribution is 2.41. The summed E-state index contributed by atoms with van der Waals surface area (Å²) in [6.45, 7) is 0. The lowest BCUT2D eigenvalue weighted by Crippen LogP contribution is -2.07. The molecule has 2 aliphatic carbocycles. The Morgan fingerprint density at radius 1 is 0.933 bits per heavy atom. The molecule has 1 unspecified atom stereocenters. The van der Waals surface area contributed by atoms with E-state index in [1.807, 2.05) is 0 Å². The van der Waals surface area contributed by atoms with E-state index in [1.165, 1.54) is 31.2 Å². The van der Waals surface area contributed by atoms with Crippen molar-refractivity contribution < 1.29 is 0 Å². The number of allylic oxidation sites excluding steroid dienone is 4. The molecule has 0 heteroatoms. The van der Waals surface area contributed by atoms with Gasteiger partial charge in [0, 0.05) is 0 Å². The molecule has 0 amide bonds. The molecule has 76 valence electrons. The molecule has 1 saturated carbocycles. The van der Waals surface area contributed by atoms with Gasteiger partial charge in [-0.1, -0.05) is 42.5 Å². The Labute approximate surface area is 91.3 Å². The van der Waals surface area contributed by atoms with Crippen LogP contribution in [0.2, 0.25) is 0 Å². The SMILES string of the molecule is C1=C2CCC(c3ccccc3)CC2=CC1. The van der Waals surface area contributed by atoms with Gasteiger partial charge in [0.2, 0.25) is 0 Å². The summed E-state index contributed by atoms with van der Waals surface area (Å²) in [5.74, 6) is 0.757. The maximum Gasteiger partial charge on any atom is -0.0118 e. The summed E-state index contributed by atoms with van der Waals surface area (Å²) in [6, 6.07) is 11.0. The molecule has 0 radical (unpaired) electrons. The van der Waals surface area contributed by atoms with E-state index in [0.29, 0.717) is 0 Å². The quantitative estimate of drug-likeness (QED) is 0.631. The normalized spacial score (nSPS) is 24.4. The maximum absolute atomic E-state index is 2.41. The highest BCUT2D eigenvalue weighted by molar-refractivity contribution is 5.41. The Morgan fingerprint density at radius 2 is 1.73 bits per heavy atom. The average molecular weight is 196 g/mol. The van der Waals surface area contributed by atoms with Crippen molar-refractivity contribution in [3.8, 4) is 0 Å². The first-order valence-electron chi connectivity index (χ1n) is 5.87. The zero-order chi connectivity index (χ0) is 10.1. The van der Waals surface area contributed by atoms with Crippen molar-refractivity contribution in [3.05, 3.63) is 59.2 Å². The fraction of sp³-hybridized carbons (Fsp3) is 0.333. The van der Waals surface area contributed by atoms with Crippen LogP contribution in [0.1, 0.15) is 37.2 Å². The van der Waals surface area contributed by atoms with Gasteiger partial charge in [-0.05, 0) is 48.3 Å². The van der Waals surface area contributed by atoms with Gasteiger partial charge in [-0.25, -0.2) is 0 Å². The molecule has 1 aromatic carbocycles. The van der Waals surface area contributed by atoms with Crippen molar-refractivity contribution in [2.75, 3.05) is 0 Å². The molecule has 0 saturated heterocycles. The standard InChI is InChI=1S/C15H16/c1-2-5-12(6-3-1)15-10-9-13-7-4-8-14(13)11-15/h1-3,5-8,15H,4,9-11H2. The molecule has 3 rings (SSSR count). The molecular formula is C15H16. The third-order valence-electron chi connectivity index (χ3n) is 3.64. The van der Waals surface area contributed by atoms with Gasteiger partial charge in [0.25, 0.3) is 0 Å². The van der Waals surface area contributed by atoms with Crippen LogP contribution in [0.5, 0.6) is 0 Å². The first-order chi connectivity index (χ1) is 7.43. The molecule has 1 aromatic rings. The lowest BCUT2D eigenvalue weighted by molar-refractivity contribution is 0.582. The van der Waals surface area contributed by atoms with E-state index in [0.717, 1.165) is 5.92 Å². The van der Waals surface area contributed by atoms with Gasteiger partial charge in [0.05, 0.1) is 0 Å². The van der Waals surface area contributed by atoms with Gasteiger partial charge >= 0.3 is 0 Å². The zero-order valence-corrected chi connectivity index (χ0v) is 8.95. The van der Waals surface area contributed by atoms with Crippen LogP contribution in [0.4, 0.5) is 0 Å². The third kappa shape index (κ3) is 1.65. The minimum absolute atomic E-state index is 0.757. The smallest absolute Gasteiger partial charge is 0.0118 e. The van der Waals surface area contributed by atoms with Gasteiger partial charge in [-0.15, -0.1) is 0 Å². The number of benzene rings is 1. The summed E-state index contributed by atoms with van der Waals surface area (Å²) in [4.78, 5) is 0. The van der Waals surface area contributed by atoms with Gasteiger partial charge in [-0.3, -0.25) is 0 Å². The van der Waals surface area contributed by atoms with Crippen LogP contribution in [0, 0.1) is 0 Å². The Morgan fingerprint density at radius 3 is 2.60 bits per heavy atom. The summed E-state index contributed by atoms with van der Waals surface area (Å²) in [7, 11) is 0. The summed E-state index contributed by atoms with van der Waals surface area (Å²) in [5, 5.41) is 0. The minimum atomic E-state index is 0.757. The van der Waals surface area contributed by atoms with Crippen molar-refractivity contribution in [3.63, 3.8) is 0 Å². The van der Waals surface area contributed by atoms with Gasteiger partial charge in [-0.2, -0.15) is 0 Å². The van der Waals surface area contributed by atoms with Gasteiger partial charge in [0.15, 0.2) is 0 Å². The number of hydrogen-bond acceptors (Lipinski definition) is 0. The summed E-state index contributed by atoms with van der Waals surface area (Å²) in [5.41, 5.74) is 4.77. The topological polar surface area (TPSA) is 0 Å². The summed E-state index contributed by atoms with van der Waals surface area (Å²) < 4.78 is 0. The Kier molecular flexibility index (Phi) is 2.21. The molecule has 0 N–H and O–H groups in total. The molecule has 0 aliphatic heterocycles. The van der Waals surface area contributed by atoms with E-state index in [2.05, 4.69) is 42.5 Å². The Bertz CT molecular complexity index is 409. The molecular weight excluding hydrogens is 180 g/mol. The molecule has 1 atom stereocenters. The van der Waals surface area contributed by atoms with Crippen molar-refractivity contribution >= 4 is 0 Å². The van der Waals surface area contributed by atoms with E-state index >= 15 is 0 Å². The second kappa shape index (κ2) is 3.69. The molecule has 0 aromatic heterocycles. The zero-order valence-electron chi connectivity index (χ0n) is 8.95. The summed E-state index contributed by atoms with van der Waals surface area (Å²) >= 11 is 0. The van der Waals surface area contributed by atoms with Gasteiger partial charge in [0.1, 0.15) is 0 Å². The van der Waals surface area contributed by atoms with Crippen LogP contribution in [0.25, 0.3) is 0 Å². The van der Waals surface area contributed by atoms with Crippen LogP contribution in [-0.2, 0) is 0 Å².